The van der Waals surface area contributed by atoms with Crippen LogP contribution in [0.5, 0.6) is 0 Å². The minimum Gasteiger partial charge on any atom is -0.316 e. The number of thioether (sulfide) groups is 1. The van der Waals surface area contributed by atoms with Crippen LogP contribution in [0.2, 0.25) is 0 Å². The van der Waals surface area contributed by atoms with Crippen molar-refractivity contribution in [2.75, 3.05) is 25.1 Å². The topological polar surface area (TPSA) is 12.0 Å². The molecule has 9 heavy (non-hydrogen) atoms. The normalized spacial score (nSPS) is 28.3. The summed E-state index contributed by atoms with van der Waals surface area (Å²) in [5.74, 6) is 2.29. The Morgan fingerprint density at radius 2 is 2.56 bits per heavy atom. The third kappa shape index (κ3) is 2.59. The molecule has 1 heterocycles. The van der Waals surface area contributed by atoms with Crippen molar-refractivity contribution in [2.24, 2.45) is 5.92 Å². The van der Waals surface area contributed by atoms with E-state index < -0.39 is 0 Å². The van der Waals surface area contributed by atoms with Crippen LogP contribution in [0.3, 0.4) is 0 Å². The highest BCUT2D eigenvalue weighted by Gasteiger charge is 2.10. The van der Waals surface area contributed by atoms with Crippen molar-refractivity contribution in [1.29, 1.82) is 0 Å². The first kappa shape index (κ1) is 7.42. The van der Waals surface area contributed by atoms with Gasteiger partial charge in [-0.1, -0.05) is 0 Å². The maximum atomic E-state index is 3.41. The zero-order valence-corrected chi connectivity index (χ0v) is 6.84. The fourth-order valence-electron chi connectivity index (χ4n) is 1.30. The third-order valence-electron chi connectivity index (χ3n) is 1.80. The Balaban J connectivity index is 2.08. The highest BCUT2D eigenvalue weighted by molar-refractivity contribution is 7.98. The van der Waals surface area contributed by atoms with E-state index in [2.05, 4.69) is 11.6 Å². The Labute approximate surface area is 61.6 Å². The molecule has 0 aliphatic carbocycles. The Kier molecular flexibility index (Phi) is 3.44. The molecule has 1 aliphatic rings. The molecule has 1 N–H and O–H groups in total. The van der Waals surface area contributed by atoms with Gasteiger partial charge in [0.15, 0.2) is 0 Å². The van der Waals surface area contributed by atoms with Gasteiger partial charge in [-0.3, -0.25) is 0 Å². The first-order chi connectivity index (χ1) is 4.43. The summed E-state index contributed by atoms with van der Waals surface area (Å²) in [5.41, 5.74) is 0. The Hall–Kier alpha value is 0.310. The van der Waals surface area contributed by atoms with Gasteiger partial charge < -0.3 is 5.32 Å². The third-order valence-corrected chi connectivity index (χ3v) is 2.61. The SMILES string of the molecule is CSCC1CCCNC1. The number of piperidine rings is 1. The largest absolute Gasteiger partial charge is 0.316 e. The molecule has 1 atom stereocenters. The van der Waals surface area contributed by atoms with Crippen LogP contribution in [-0.4, -0.2) is 25.1 Å². The van der Waals surface area contributed by atoms with Crippen LogP contribution >= 0.6 is 11.8 Å². The van der Waals surface area contributed by atoms with Gasteiger partial charge in [0.25, 0.3) is 0 Å². The van der Waals surface area contributed by atoms with E-state index in [1.54, 1.807) is 0 Å². The molecule has 1 unspecified atom stereocenters. The van der Waals surface area contributed by atoms with Crippen molar-refractivity contribution >= 4 is 11.8 Å². The lowest BCUT2D eigenvalue weighted by Crippen LogP contribution is -2.30. The summed E-state index contributed by atoms with van der Waals surface area (Å²) in [7, 11) is 0. The summed E-state index contributed by atoms with van der Waals surface area (Å²) < 4.78 is 0. The monoisotopic (exact) mass is 145 g/mol. The lowest BCUT2D eigenvalue weighted by atomic mass is 10.0. The van der Waals surface area contributed by atoms with Gasteiger partial charge in [0, 0.05) is 0 Å². The summed E-state index contributed by atoms with van der Waals surface area (Å²) in [6.45, 7) is 2.49. The summed E-state index contributed by atoms with van der Waals surface area (Å²) in [6.07, 6.45) is 5.01. The van der Waals surface area contributed by atoms with Gasteiger partial charge in [0.05, 0.1) is 0 Å². The summed E-state index contributed by atoms with van der Waals surface area (Å²) >= 11 is 1.97. The molecular formula is C7H15NS. The Bertz CT molecular complexity index is 66.6. The van der Waals surface area contributed by atoms with Crippen LogP contribution in [0.1, 0.15) is 12.8 Å². The zero-order chi connectivity index (χ0) is 6.53. The fraction of sp³-hybridized carbons (Fsp3) is 1.00. The molecule has 0 bridgehead atoms. The van der Waals surface area contributed by atoms with E-state index in [0.717, 1.165) is 5.92 Å². The van der Waals surface area contributed by atoms with Crippen molar-refractivity contribution in [1.82, 2.24) is 5.32 Å². The van der Waals surface area contributed by atoms with E-state index in [0.29, 0.717) is 0 Å². The standard InChI is InChI=1S/C7H15NS/c1-9-6-7-3-2-4-8-5-7/h7-8H,2-6H2,1H3. The highest BCUT2D eigenvalue weighted by atomic mass is 32.2. The molecule has 2 heteroatoms. The predicted octanol–water partition coefficient (Wildman–Crippen LogP) is 1.35. The highest BCUT2D eigenvalue weighted by Crippen LogP contribution is 2.13. The molecule has 0 spiro atoms. The minimum atomic E-state index is 0.953. The van der Waals surface area contributed by atoms with Crippen molar-refractivity contribution in [2.45, 2.75) is 12.8 Å². The summed E-state index contributed by atoms with van der Waals surface area (Å²) in [5, 5.41) is 3.41. The maximum Gasteiger partial charge on any atom is -0.00126 e. The van der Waals surface area contributed by atoms with E-state index in [1.807, 2.05) is 11.8 Å². The molecule has 0 saturated carbocycles. The van der Waals surface area contributed by atoms with Crippen LogP contribution in [0.4, 0.5) is 0 Å². The van der Waals surface area contributed by atoms with Gasteiger partial charge in [-0.15, -0.1) is 0 Å². The minimum absolute atomic E-state index is 0.953. The van der Waals surface area contributed by atoms with Crippen LogP contribution in [0.25, 0.3) is 0 Å². The number of hydrogen-bond donors (Lipinski definition) is 1. The lowest BCUT2D eigenvalue weighted by molar-refractivity contribution is 0.410. The Morgan fingerprint density at radius 3 is 3.11 bits per heavy atom. The van der Waals surface area contributed by atoms with Crippen molar-refractivity contribution in [3.05, 3.63) is 0 Å². The van der Waals surface area contributed by atoms with Crippen LogP contribution < -0.4 is 5.32 Å². The van der Waals surface area contributed by atoms with Crippen LogP contribution in [-0.2, 0) is 0 Å². The van der Waals surface area contributed by atoms with E-state index in [-0.39, 0.29) is 0 Å². The predicted molar refractivity (Wildman–Crippen MR) is 44.0 cm³/mol. The van der Waals surface area contributed by atoms with Gasteiger partial charge in [-0.2, -0.15) is 11.8 Å². The zero-order valence-electron chi connectivity index (χ0n) is 6.02. The Morgan fingerprint density at radius 1 is 1.67 bits per heavy atom. The molecule has 0 aromatic carbocycles. The van der Waals surface area contributed by atoms with Gasteiger partial charge in [0.2, 0.25) is 0 Å². The fourth-order valence-corrected chi connectivity index (χ4v) is 2.06. The first-order valence-electron chi connectivity index (χ1n) is 3.63. The van der Waals surface area contributed by atoms with Crippen molar-refractivity contribution in [3.63, 3.8) is 0 Å². The van der Waals surface area contributed by atoms with Crippen LogP contribution in [0.15, 0.2) is 0 Å². The quantitative estimate of drug-likeness (QED) is 0.629. The average molecular weight is 145 g/mol. The molecular weight excluding hydrogens is 130 g/mol. The average Bonchev–Trinajstić information content (AvgIpc) is 1.91. The number of rotatable bonds is 2. The molecule has 1 rings (SSSR count). The lowest BCUT2D eigenvalue weighted by Gasteiger charge is -2.21. The second-order valence-corrected chi connectivity index (χ2v) is 3.58. The second-order valence-electron chi connectivity index (χ2n) is 2.67. The van der Waals surface area contributed by atoms with Gasteiger partial charge in [0.1, 0.15) is 0 Å². The van der Waals surface area contributed by atoms with Gasteiger partial charge >= 0.3 is 0 Å². The molecule has 0 amide bonds. The van der Waals surface area contributed by atoms with E-state index >= 15 is 0 Å². The molecule has 54 valence electrons. The molecule has 0 aromatic rings. The second kappa shape index (κ2) is 4.18. The van der Waals surface area contributed by atoms with Crippen LogP contribution in [0, 0.1) is 5.92 Å². The van der Waals surface area contributed by atoms with Gasteiger partial charge in [-0.05, 0) is 43.9 Å². The maximum absolute atomic E-state index is 3.41. The summed E-state index contributed by atoms with van der Waals surface area (Å²) in [4.78, 5) is 0. The van der Waals surface area contributed by atoms with Gasteiger partial charge in [-0.25, -0.2) is 0 Å². The van der Waals surface area contributed by atoms with E-state index in [9.17, 15) is 0 Å². The molecule has 0 aromatic heterocycles. The smallest absolute Gasteiger partial charge is 0.00126 e. The molecule has 1 fully saturated rings. The van der Waals surface area contributed by atoms with Crippen molar-refractivity contribution in [3.8, 4) is 0 Å². The molecule has 1 nitrogen and oxygen atoms in total. The number of hydrogen-bond acceptors (Lipinski definition) is 2. The number of nitrogens with one attached hydrogen (secondary N) is 1. The summed E-state index contributed by atoms with van der Waals surface area (Å²) in [6, 6.07) is 0. The van der Waals surface area contributed by atoms with Crippen molar-refractivity contribution < 1.29 is 0 Å². The molecule has 0 radical (unpaired) electrons. The van der Waals surface area contributed by atoms with E-state index in [1.165, 1.54) is 31.7 Å². The first-order valence-corrected chi connectivity index (χ1v) is 5.02. The molecule has 1 aliphatic heterocycles. The van der Waals surface area contributed by atoms with E-state index in [4.69, 9.17) is 0 Å². The molecule has 1 saturated heterocycles.